The maximum absolute atomic E-state index is 13.0. The smallest absolute Gasteiger partial charge is 0.228 e. The average molecular weight is 298 g/mol. The summed E-state index contributed by atoms with van der Waals surface area (Å²) in [7, 11) is 0. The number of rotatable bonds is 3. The second-order valence-corrected chi connectivity index (χ2v) is 6.45. The molecule has 0 unspecified atom stereocenters. The monoisotopic (exact) mass is 298 g/mol. The highest BCUT2D eigenvalue weighted by Gasteiger charge is 2.37. The predicted molar refractivity (Wildman–Crippen MR) is 84.9 cm³/mol. The second-order valence-electron chi connectivity index (χ2n) is 6.45. The SMILES string of the molecule is CC(C)OC1=C(C2CCCCC2)C(=O)c2ccccc2C1=O. The predicted octanol–water partition coefficient (Wildman–Crippen LogP) is 4.33. The van der Waals surface area contributed by atoms with Gasteiger partial charge in [-0.2, -0.15) is 0 Å². The molecule has 0 bridgehead atoms. The first-order chi connectivity index (χ1) is 10.6. The van der Waals surface area contributed by atoms with Gasteiger partial charge in [0.1, 0.15) is 0 Å². The number of hydrogen-bond donors (Lipinski definition) is 0. The van der Waals surface area contributed by atoms with E-state index in [9.17, 15) is 9.59 Å². The van der Waals surface area contributed by atoms with Crippen LogP contribution in [-0.2, 0) is 4.74 Å². The Hall–Kier alpha value is -1.90. The second kappa shape index (κ2) is 6.07. The summed E-state index contributed by atoms with van der Waals surface area (Å²) in [6.07, 6.45) is 5.28. The highest BCUT2D eigenvalue weighted by atomic mass is 16.5. The van der Waals surface area contributed by atoms with Crippen LogP contribution in [0.4, 0.5) is 0 Å². The van der Waals surface area contributed by atoms with Crippen LogP contribution in [0.2, 0.25) is 0 Å². The van der Waals surface area contributed by atoms with Crippen molar-refractivity contribution in [3.8, 4) is 0 Å². The molecule has 3 nitrogen and oxygen atoms in total. The summed E-state index contributed by atoms with van der Waals surface area (Å²) in [5.74, 6) is 0.306. The number of benzene rings is 1. The summed E-state index contributed by atoms with van der Waals surface area (Å²) in [6, 6.07) is 7.08. The van der Waals surface area contributed by atoms with Crippen molar-refractivity contribution in [1.82, 2.24) is 0 Å². The number of carbonyl (C=O) groups is 2. The van der Waals surface area contributed by atoms with Gasteiger partial charge in [-0.25, -0.2) is 0 Å². The molecule has 1 fully saturated rings. The van der Waals surface area contributed by atoms with Crippen molar-refractivity contribution in [3.63, 3.8) is 0 Å². The van der Waals surface area contributed by atoms with Crippen LogP contribution in [-0.4, -0.2) is 17.7 Å². The third-order valence-electron chi connectivity index (χ3n) is 4.48. The summed E-state index contributed by atoms with van der Waals surface area (Å²) < 4.78 is 5.81. The molecule has 0 aromatic heterocycles. The highest BCUT2D eigenvalue weighted by Crippen LogP contribution is 2.38. The Morgan fingerprint density at radius 3 is 2.14 bits per heavy atom. The average Bonchev–Trinajstić information content (AvgIpc) is 2.53. The van der Waals surface area contributed by atoms with Gasteiger partial charge in [0, 0.05) is 16.7 Å². The molecule has 0 N–H and O–H groups in total. The summed E-state index contributed by atoms with van der Waals surface area (Å²) in [6.45, 7) is 3.79. The third kappa shape index (κ3) is 2.60. The van der Waals surface area contributed by atoms with Crippen LogP contribution in [0.1, 0.15) is 66.7 Å². The maximum Gasteiger partial charge on any atom is 0.228 e. The van der Waals surface area contributed by atoms with Crippen LogP contribution in [0.3, 0.4) is 0 Å². The molecule has 0 heterocycles. The molecule has 116 valence electrons. The summed E-state index contributed by atoms with van der Waals surface area (Å²) in [5, 5.41) is 0. The van der Waals surface area contributed by atoms with E-state index in [0.717, 1.165) is 25.7 Å². The number of carbonyl (C=O) groups excluding carboxylic acids is 2. The zero-order chi connectivity index (χ0) is 15.7. The fraction of sp³-hybridized carbons (Fsp3) is 0.474. The molecular formula is C19H22O3. The molecule has 3 rings (SSSR count). The van der Waals surface area contributed by atoms with Crippen molar-refractivity contribution in [1.29, 1.82) is 0 Å². The van der Waals surface area contributed by atoms with Gasteiger partial charge in [-0.1, -0.05) is 43.5 Å². The van der Waals surface area contributed by atoms with E-state index in [4.69, 9.17) is 4.74 Å². The summed E-state index contributed by atoms with van der Waals surface area (Å²) in [5.41, 5.74) is 1.63. The summed E-state index contributed by atoms with van der Waals surface area (Å²) in [4.78, 5) is 25.8. The van der Waals surface area contributed by atoms with Crippen molar-refractivity contribution in [2.45, 2.75) is 52.1 Å². The molecule has 0 spiro atoms. The first-order valence-corrected chi connectivity index (χ1v) is 8.19. The number of Topliss-reactive ketones (excluding diaryl/α,β-unsaturated/α-hetero) is 2. The topological polar surface area (TPSA) is 43.4 Å². The molecular weight excluding hydrogens is 276 g/mol. The highest BCUT2D eigenvalue weighted by molar-refractivity contribution is 6.26. The molecule has 2 aliphatic rings. The Labute approximate surface area is 131 Å². The molecule has 22 heavy (non-hydrogen) atoms. The van der Waals surface area contributed by atoms with Gasteiger partial charge in [-0.05, 0) is 32.6 Å². The van der Waals surface area contributed by atoms with Crippen molar-refractivity contribution < 1.29 is 14.3 Å². The Balaban J connectivity index is 2.10. The van der Waals surface area contributed by atoms with Crippen molar-refractivity contribution in [3.05, 3.63) is 46.7 Å². The lowest BCUT2D eigenvalue weighted by molar-refractivity contribution is 0.0780. The zero-order valence-electron chi connectivity index (χ0n) is 13.2. The van der Waals surface area contributed by atoms with Gasteiger partial charge in [0.2, 0.25) is 5.78 Å². The minimum absolute atomic E-state index is 0.0160. The van der Waals surface area contributed by atoms with E-state index in [1.54, 1.807) is 18.2 Å². The van der Waals surface area contributed by atoms with Crippen molar-refractivity contribution in [2.75, 3.05) is 0 Å². The van der Waals surface area contributed by atoms with E-state index in [2.05, 4.69) is 0 Å². The summed E-state index contributed by atoms with van der Waals surface area (Å²) >= 11 is 0. The van der Waals surface area contributed by atoms with E-state index in [1.807, 2.05) is 19.9 Å². The van der Waals surface area contributed by atoms with Gasteiger partial charge < -0.3 is 4.74 Å². The molecule has 0 amide bonds. The quantitative estimate of drug-likeness (QED) is 0.834. The Kier molecular flexibility index (Phi) is 4.14. The maximum atomic E-state index is 13.0. The normalized spacial score (nSPS) is 19.6. The number of allylic oxidation sites excluding steroid dienone is 2. The molecule has 0 atom stereocenters. The van der Waals surface area contributed by atoms with Gasteiger partial charge in [0.15, 0.2) is 11.5 Å². The van der Waals surface area contributed by atoms with E-state index in [0.29, 0.717) is 22.5 Å². The van der Waals surface area contributed by atoms with Crippen LogP contribution >= 0.6 is 0 Å². The van der Waals surface area contributed by atoms with Gasteiger partial charge in [-0.15, -0.1) is 0 Å². The fourth-order valence-electron chi connectivity index (χ4n) is 3.49. The zero-order valence-corrected chi connectivity index (χ0v) is 13.2. The lowest BCUT2D eigenvalue weighted by atomic mass is 9.76. The van der Waals surface area contributed by atoms with Crippen LogP contribution in [0.15, 0.2) is 35.6 Å². The lowest BCUT2D eigenvalue weighted by Gasteiger charge is -2.29. The van der Waals surface area contributed by atoms with Crippen LogP contribution in [0.5, 0.6) is 0 Å². The van der Waals surface area contributed by atoms with E-state index in [1.165, 1.54) is 6.42 Å². The third-order valence-corrected chi connectivity index (χ3v) is 4.48. The molecule has 0 radical (unpaired) electrons. The lowest BCUT2D eigenvalue weighted by Crippen LogP contribution is -2.29. The molecule has 0 saturated heterocycles. The van der Waals surface area contributed by atoms with Gasteiger partial charge >= 0.3 is 0 Å². The fourth-order valence-corrected chi connectivity index (χ4v) is 3.49. The van der Waals surface area contributed by atoms with Crippen molar-refractivity contribution in [2.24, 2.45) is 5.92 Å². The van der Waals surface area contributed by atoms with E-state index >= 15 is 0 Å². The number of hydrogen-bond acceptors (Lipinski definition) is 3. The molecule has 1 aromatic carbocycles. The van der Waals surface area contributed by atoms with Gasteiger partial charge in [0.25, 0.3) is 0 Å². The first-order valence-electron chi connectivity index (χ1n) is 8.19. The van der Waals surface area contributed by atoms with Crippen molar-refractivity contribution >= 4 is 11.6 Å². The van der Waals surface area contributed by atoms with Crippen LogP contribution in [0.25, 0.3) is 0 Å². The standard InChI is InChI=1S/C19H22O3/c1-12(2)22-19-16(13-8-4-3-5-9-13)17(20)14-10-6-7-11-15(14)18(19)21/h6-7,10-13H,3-5,8-9H2,1-2H3. The van der Waals surface area contributed by atoms with Crippen LogP contribution in [0, 0.1) is 5.92 Å². The first kappa shape index (κ1) is 15.0. The molecule has 2 aliphatic carbocycles. The Morgan fingerprint density at radius 1 is 0.955 bits per heavy atom. The number of ether oxygens (including phenoxy) is 1. The van der Waals surface area contributed by atoms with Gasteiger partial charge in [0.05, 0.1) is 6.10 Å². The minimum Gasteiger partial charge on any atom is -0.486 e. The number of fused-ring (bicyclic) bond motifs is 1. The van der Waals surface area contributed by atoms with E-state index in [-0.39, 0.29) is 23.6 Å². The Bertz CT molecular complexity index is 634. The molecule has 1 aromatic rings. The molecule has 1 saturated carbocycles. The van der Waals surface area contributed by atoms with Gasteiger partial charge in [-0.3, -0.25) is 9.59 Å². The largest absolute Gasteiger partial charge is 0.486 e. The molecule has 3 heteroatoms. The van der Waals surface area contributed by atoms with Crippen LogP contribution < -0.4 is 0 Å². The molecule has 0 aliphatic heterocycles. The van der Waals surface area contributed by atoms with E-state index < -0.39 is 0 Å². The Morgan fingerprint density at radius 2 is 1.55 bits per heavy atom. The minimum atomic E-state index is -0.135. The number of ketones is 2.